The molecule has 5 heteroatoms. The van der Waals surface area contributed by atoms with Crippen LogP contribution in [0.2, 0.25) is 0 Å². The van der Waals surface area contributed by atoms with Crippen LogP contribution in [0.15, 0.2) is 0 Å². The van der Waals surface area contributed by atoms with Gasteiger partial charge in [-0.1, -0.05) is 0 Å². The van der Waals surface area contributed by atoms with Crippen LogP contribution in [0.4, 0.5) is 0 Å². The second-order valence-corrected chi connectivity index (χ2v) is 3.61. The van der Waals surface area contributed by atoms with Crippen molar-refractivity contribution in [2.24, 2.45) is 0 Å². The lowest BCUT2D eigenvalue weighted by atomic mass is 10.2. The smallest absolute Gasteiger partial charge is 0.306 e. The number of aldehydes is 1. The second-order valence-electron chi connectivity index (χ2n) is 3.61. The van der Waals surface area contributed by atoms with Crippen LogP contribution in [0.25, 0.3) is 0 Å². The quantitative estimate of drug-likeness (QED) is 0.477. The van der Waals surface area contributed by atoms with Gasteiger partial charge in [0, 0.05) is 12.5 Å². The molecule has 0 aliphatic carbocycles. The van der Waals surface area contributed by atoms with Crippen molar-refractivity contribution < 1.29 is 19.1 Å². The number of esters is 1. The molecular weight excluding hydrogens is 210 g/mol. The largest absolute Gasteiger partial charge is 0.466 e. The molecule has 0 aromatic heterocycles. The third kappa shape index (κ3) is 5.48. The van der Waals surface area contributed by atoms with Crippen molar-refractivity contribution in [1.29, 1.82) is 0 Å². The molecule has 0 aliphatic rings. The van der Waals surface area contributed by atoms with Crippen LogP contribution in [0.5, 0.6) is 0 Å². The fraction of sp³-hybridized carbons (Fsp3) is 0.727. The van der Waals surface area contributed by atoms with Crippen molar-refractivity contribution in [3.05, 3.63) is 0 Å². The molecule has 0 unspecified atom stereocenters. The summed E-state index contributed by atoms with van der Waals surface area (Å²) < 4.78 is 4.71. The average molecular weight is 229 g/mol. The molecule has 0 rings (SSSR count). The van der Waals surface area contributed by atoms with Crippen molar-refractivity contribution in [3.63, 3.8) is 0 Å². The standard InChI is InChI=1S/C11H19NO4/c1-4-16-11(15)6-5-10(14)12(7-8-13)9(2)3/h8-9H,4-7H2,1-3H3. The number of carbonyl (C=O) groups is 3. The Morgan fingerprint density at radius 1 is 1.31 bits per heavy atom. The van der Waals surface area contributed by atoms with E-state index in [0.29, 0.717) is 12.9 Å². The van der Waals surface area contributed by atoms with E-state index >= 15 is 0 Å². The summed E-state index contributed by atoms with van der Waals surface area (Å²) in [6, 6.07) is -0.0418. The first-order valence-electron chi connectivity index (χ1n) is 5.41. The minimum absolute atomic E-state index is 0.0418. The minimum atomic E-state index is -0.384. The molecule has 0 saturated carbocycles. The summed E-state index contributed by atoms with van der Waals surface area (Å²) >= 11 is 0. The number of hydrogen-bond donors (Lipinski definition) is 0. The third-order valence-corrected chi connectivity index (χ3v) is 2.06. The zero-order valence-corrected chi connectivity index (χ0v) is 10.1. The van der Waals surface area contributed by atoms with E-state index in [-0.39, 0.29) is 37.3 Å². The summed E-state index contributed by atoms with van der Waals surface area (Å²) in [6.45, 7) is 5.75. The zero-order valence-electron chi connectivity index (χ0n) is 10.1. The minimum Gasteiger partial charge on any atom is -0.466 e. The van der Waals surface area contributed by atoms with Gasteiger partial charge in [-0.3, -0.25) is 9.59 Å². The molecule has 0 aromatic carbocycles. The number of nitrogens with zero attached hydrogens (tertiary/aromatic N) is 1. The normalized spacial score (nSPS) is 10.0. The van der Waals surface area contributed by atoms with Gasteiger partial charge in [-0.15, -0.1) is 0 Å². The van der Waals surface area contributed by atoms with Crippen LogP contribution in [0.1, 0.15) is 33.6 Å². The fourth-order valence-corrected chi connectivity index (χ4v) is 1.27. The summed E-state index contributed by atoms with van der Waals surface area (Å²) in [6.07, 6.45) is 0.835. The maximum atomic E-state index is 11.6. The second kappa shape index (κ2) is 7.84. The van der Waals surface area contributed by atoms with Crippen molar-refractivity contribution in [3.8, 4) is 0 Å². The summed E-state index contributed by atoms with van der Waals surface area (Å²) in [5, 5.41) is 0. The fourth-order valence-electron chi connectivity index (χ4n) is 1.27. The van der Waals surface area contributed by atoms with E-state index in [1.165, 1.54) is 4.90 Å². The average Bonchev–Trinajstić information content (AvgIpc) is 2.22. The van der Waals surface area contributed by atoms with E-state index in [9.17, 15) is 14.4 Å². The maximum absolute atomic E-state index is 11.6. The van der Waals surface area contributed by atoms with E-state index in [4.69, 9.17) is 4.74 Å². The molecule has 5 nitrogen and oxygen atoms in total. The molecule has 0 bridgehead atoms. The van der Waals surface area contributed by atoms with Crippen LogP contribution >= 0.6 is 0 Å². The predicted molar refractivity (Wildman–Crippen MR) is 58.8 cm³/mol. The highest BCUT2D eigenvalue weighted by molar-refractivity contribution is 5.82. The first-order chi connectivity index (χ1) is 7.52. The van der Waals surface area contributed by atoms with E-state index < -0.39 is 0 Å². The molecule has 1 amide bonds. The molecule has 0 fully saturated rings. The van der Waals surface area contributed by atoms with Gasteiger partial charge in [0.05, 0.1) is 19.6 Å². The molecule has 92 valence electrons. The molecule has 0 spiro atoms. The first-order valence-corrected chi connectivity index (χ1v) is 5.41. The number of ether oxygens (including phenoxy) is 1. The highest BCUT2D eigenvalue weighted by Crippen LogP contribution is 2.03. The maximum Gasteiger partial charge on any atom is 0.306 e. The molecule has 16 heavy (non-hydrogen) atoms. The Morgan fingerprint density at radius 3 is 2.38 bits per heavy atom. The van der Waals surface area contributed by atoms with Crippen LogP contribution < -0.4 is 0 Å². The van der Waals surface area contributed by atoms with Crippen LogP contribution in [0.3, 0.4) is 0 Å². The molecular formula is C11H19NO4. The third-order valence-electron chi connectivity index (χ3n) is 2.06. The van der Waals surface area contributed by atoms with Gasteiger partial charge in [-0.2, -0.15) is 0 Å². The predicted octanol–water partition coefficient (Wildman–Crippen LogP) is 0.766. The summed E-state index contributed by atoms with van der Waals surface area (Å²) in [5.41, 5.74) is 0. The SMILES string of the molecule is CCOC(=O)CCC(=O)N(CC=O)C(C)C. The summed E-state index contributed by atoms with van der Waals surface area (Å²) in [4.78, 5) is 34.5. The number of rotatable bonds is 7. The van der Waals surface area contributed by atoms with E-state index in [1.54, 1.807) is 6.92 Å². The monoisotopic (exact) mass is 229 g/mol. The lowest BCUT2D eigenvalue weighted by Gasteiger charge is -2.24. The molecule has 0 N–H and O–H groups in total. The highest BCUT2D eigenvalue weighted by Gasteiger charge is 2.17. The Kier molecular flexibility index (Phi) is 7.16. The molecule has 0 radical (unpaired) electrons. The van der Waals surface area contributed by atoms with Crippen LogP contribution in [0, 0.1) is 0 Å². The van der Waals surface area contributed by atoms with Gasteiger partial charge in [0.1, 0.15) is 6.29 Å². The van der Waals surface area contributed by atoms with Gasteiger partial charge in [-0.25, -0.2) is 0 Å². The van der Waals surface area contributed by atoms with Crippen molar-refractivity contribution in [2.45, 2.75) is 39.7 Å². The van der Waals surface area contributed by atoms with E-state index in [2.05, 4.69) is 0 Å². The lowest BCUT2D eigenvalue weighted by Crippen LogP contribution is -2.38. The van der Waals surface area contributed by atoms with Crippen molar-refractivity contribution >= 4 is 18.2 Å². The van der Waals surface area contributed by atoms with Gasteiger partial charge >= 0.3 is 5.97 Å². The van der Waals surface area contributed by atoms with Crippen molar-refractivity contribution in [1.82, 2.24) is 4.90 Å². The van der Waals surface area contributed by atoms with Gasteiger partial charge in [0.25, 0.3) is 0 Å². The molecule has 0 atom stereocenters. The topological polar surface area (TPSA) is 63.7 Å². The van der Waals surface area contributed by atoms with Crippen molar-refractivity contribution in [2.75, 3.05) is 13.2 Å². The van der Waals surface area contributed by atoms with Crippen LogP contribution in [-0.4, -0.2) is 42.3 Å². The van der Waals surface area contributed by atoms with Gasteiger partial charge in [-0.05, 0) is 20.8 Å². The Morgan fingerprint density at radius 2 is 1.94 bits per heavy atom. The molecule has 0 heterocycles. The Bertz CT molecular complexity index is 250. The Labute approximate surface area is 95.7 Å². The number of carbonyl (C=O) groups excluding carboxylic acids is 3. The Hall–Kier alpha value is -1.39. The number of hydrogen-bond acceptors (Lipinski definition) is 4. The van der Waals surface area contributed by atoms with Gasteiger partial charge in [0.2, 0.25) is 5.91 Å². The van der Waals surface area contributed by atoms with Gasteiger partial charge < -0.3 is 14.4 Å². The molecule has 0 aromatic rings. The van der Waals surface area contributed by atoms with E-state index in [0.717, 1.165) is 0 Å². The summed E-state index contributed by atoms with van der Waals surface area (Å²) in [5.74, 6) is -0.583. The molecule has 0 aliphatic heterocycles. The van der Waals surface area contributed by atoms with Crippen LogP contribution in [-0.2, 0) is 19.1 Å². The zero-order chi connectivity index (χ0) is 12.6. The highest BCUT2D eigenvalue weighted by atomic mass is 16.5. The molecule has 0 saturated heterocycles. The van der Waals surface area contributed by atoms with E-state index in [1.807, 2.05) is 13.8 Å². The van der Waals surface area contributed by atoms with Gasteiger partial charge in [0.15, 0.2) is 0 Å². The number of amides is 1. The Balaban J connectivity index is 4.10. The lowest BCUT2D eigenvalue weighted by molar-refractivity contribution is -0.146. The summed E-state index contributed by atoms with van der Waals surface area (Å²) in [7, 11) is 0. The first kappa shape index (κ1) is 14.6.